The number of carbonyl (C=O) groups excluding carboxylic acids is 1. The third kappa shape index (κ3) is 3.76. The summed E-state index contributed by atoms with van der Waals surface area (Å²) >= 11 is 0. The van der Waals surface area contributed by atoms with Crippen LogP contribution in [0.3, 0.4) is 0 Å². The lowest BCUT2D eigenvalue weighted by Gasteiger charge is -2.06. The van der Waals surface area contributed by atoms with E-state index in [1.807, 2.05) is 19.1 Å². The summed E-state index contributed by atoms with van der Waals surface area (Å²) in [6.07, 6.45) is 5.61. The fourth-order valence-electron chi connectivity index (χ4n) is 2.38. The summed E-state index contributed by atoms with van der Waals surface area (Å²) in [6, 6.07) is 8.07. The summed E-state index contributed by atoms with van der Waals surface area (Å²) in [4.78, 5) is 11.2. The van der Waals surface area contributed by atoms with E-state index in [4.69, 9.17) is 10.5 Å². The van der Waals surface area contributed by atoms with Gasteiger partial charge in [0.25, 0.3) is 0 Å². The van der Waals surface area contributed by atoms with Gasteiger partial charge in [-0.15, -0.1) is 0 Å². The monoisotopic (exact) mass is 274 g/mol. The fraction of sp³-hybridized carbons (Fsp3) is 0.438. The molecule has 0 radical (unpaired) electrons. The predicted octanol–water partition coefficient (Wildman–Crippen LogP) is 3.35. The lowest BCUT2D eigenvalue weighted by atomic mass is 10.2. The molecule has 2 aromatic rings. The third-order valence-electron chi connectivity index (χ3n) is 3.38. The Bertz CT molecular complexity index is 575. The summed E-state index contributed by atoms with van der Waals surface area (Å²) in [6.45, 7) is 3.27. The summed E-state index contributed by atoms with van der Waals surface area (Å²) < 4.78 is 7.14. The normalized spacial score (nSPS) is 10.8. The minimum Gasteiger partial charge on any atom is -0.466 e. The largest absolute Gasteiger partial charge is 0.466 e. The molecule has 2 rings (SSSR count). The summed E-state index contributed by atoms with van der Waals surface area (Å²) in [5, 5.41) is 1.18. The number of aromatic nitrogens is 1. The van der Waals surface area contributed by atoms with Gasteiger partial charge < -0.3 is 15.0 Å². The lowest BCUT2D eigenvalue weighted by molar-refractivity contribution is -0.143. The number of nitrogens with two attached hydrogens (primary N) is 1. The number of aryl methyl sites for hydroxylation is 1. The number of nitrogens with zero attached hydrogens (tertiary/aromatic N) is 1. The first-order valence-corrected chi connectivity index (χ1v) is 7.20. The van der Waals surface area contributed by atoms with Crippen molar-refractivity contribution in [3.05, 3.63) is 30.5 Å². The van der Waals surface area contributed by atoms with E-state index in [-0.39, 0.29) is 5.97 Å². The molecule has 1 aromatic carbocycles. The number of anilines is 1. The second-order valence-corrected chi connectivity index (χ2v) is 4.94. The molecule has 4 nitrogen and oxygen atoms in total. The van der Waals surface area contributed by atoms with Crippen LogP contribution in [0.25, 0.3) is 10.9 Å². The predicted molar refractivity (Wildman–Crippen MR) is 81.5 cm³/mol. The number of rotatable bonds is 7. The van der Waals surface area contributed by atoms with E-state index in [2.05, 4.69) is 22.9 Å². The van der Waals surface area contributed by atoms with Gasteiger partial charge in [0.2, 0.25) is 0 Å². The average molecular weight is 274 g/mol. The van der Waals surface area contributed by atoms with Crippen LogP contribution in [0.2, 0.25) is 0 Å². The molecular formula is C16H22N2O2. The molecule has 0 fully saturated rings. The molecular weight excluding hydrogens is 252 g/mol. The standard InChI is InChI=1S/C16H22N2O2/c1-2-20-16(19)6-4-3-5-10-18-11-9-13-12-14(17)7-8-15(13)18/h7-9,11-12H,2-6,10,17H2,1H3. The first-order chi connectivity index (χ1) is 9.70. The number of carbonyl (C=O) groups is 1. The van der Waals surface area contributed by atoms with Gasteiger partial charge in [-0.05, 0) is 44.0 Å². The third-order valence-corrected chi connectivity index (χ3v) is 3.38. The molecule has 0 aliphatic carbocycles. The molecule has 108 valence electrons. The molecule has 0 bridgehead atoms. The van der Waals surface area contributed by atoms with Crippen molar-refractivity contribution in [2.45, 2.75) is 39.2 Å². The summed E-state index contributed by atoms with van der Waals surface area (Å²) in [5.74, 6) is -0.0885. The van der Waals surface area contributed by atoms with Crippen LogP contribution in [-0.4, -0.2) is 17.1 Å². The van der Waals surface area contributed by atoms with Crippen molar-refractivity contribution in [1.82, 2.24) is 4.57 Å². The van der Waals surface area contributed by atoms with Gasteiger partial charge in [-0.3, -0.25) is 4.79 Å². The highest BCUT2D eigenvalue weighted by atomic mass is 16.5. The SMILES string of the molecule is CCOC(=O)CCCCCn1ccc2cc(N)ccc21. The molecule has 0 atom stereocenters. The molecule has 0 amide bonds. The number of unbranched alkanes of at least 4 members (excludes halogenated alkanes) is 2. The van der Waals surface area contributed by atoms with E-state index in [1.165, 1.54) is 10.9 Å². The van der Waals surface area contributed by atoms with Gasteiger partial charge in [0.15, 0.2) is 0 Å². The Balaban J connectivity index is 1.77. The van der Waals surface area contributed by atoms with Crippen LogP contribution < -0.4 is 5.73 Å². The lowest BCUT2D eigenvalue weighted by Crippen LogP contribution is -2.03. The fourth-order valence-corrected chi connectivity index (χ4v) is 2.38. The van der Waals surface area contributed by atoms with E-state index >= 15 is 0 Å². The molecule has 4 heteroatoms. The van der Waals surface area contributed by atoms with Crippen molar-refractivity contribution in [2.75, 3.05) is 12.3 Å². The maximum Gasteiger partial charge on any atom is 0.305 e. The van der Waals surface area contributed by atoms with E-state index in [0.29, 0.717) is 13.0 Å². The van der Waals surface area contributed by atoms with E-state index in [0.717, 1.165) is 31.5 Å². The van der Waals surface area contributed by atoms with Crippen molar-refractivity contribution in [3.63, 3.8) is 0 Å². The average Bonchev–Trinajstić information content (AvgIpc) is 2.81. The van der Waals surface area contributed by atoms with Crippen LogP contribution >= 0.6 is 0 Å². The van der Waals surface area contributed by atoms with Crippen LogP contribution in [0.15, 0.2) is 30.5 Å². The minimum atomic E-state index is -0.0885. The highest BCUT2D eigenvalue weighted by molar-refractivity contribution is 5.83. The van der Waals surface area contributed by atoms with Crippen molar-refractivity contribution in [3.8, 4) is 0 Å². The Morgan fingerprint density at radius 2 is 2.10 bits per heavy atom. The number of fused-ring (bicyclic) bond motifs is 1. The minimum absolute atomic E-state index is 0.0885. The highest BCUT2D eigenvalue weighted by Crippen LogP contribution is 2.19. The topological polar surface area (TPSA) is 57.2 Å². The zero-order valence-electron chi connectivity index (χ0n) is 12.0. The van der Waals surface area contributed by atoms with E-state index in [9.17, 15) is 4.79 Å². The van der Waals surface area contributed by atoms with Gasteiger partial charge in [0.1, 0.15) is 0 Å². The van der Waals surface area contributed by atoms with Gasteiger partial charge in [0, 0.05) is 35.8 Å². The number of nitrogen functional groups attached to an aromatic ring is 1. The van der Waals surface area contributed by atoms with Crippen LogP contribution in [0.5, 0.6) is 0 Å². The zero-order valence-corrected chi connectivity index (χ0v) is 12.0. The second-order valence-electron chi connectivity index (χ2n) is 4.94. The Morgan fingerprint density at radius 3 is 2.90 bits per heavy atom. The molecule has 2 N–H and O–H groups in total. The number of esters is 1. The van der Waals surface area contributed by atoms with Gasteiger partial charge in [-0.1, -0.05) is 6.42 Å². The summed E-state index contributed by atoms with van der Waals surface area (Å²) in [5.41, 5.74) is 7.78. The van der Waals surface area contributed by atoms with Crippen LogP contribution in [0.4, 0.5) is 5.69 Å². The molecule has 1 heterocycles. The highest BCUT2D eigenvalue weighted by Gasteiger charge is 2.03. The first-order valence-electron chi connectivity index (χ1n) is 7.20. The maximum atomic E-state index is 11.2. The van der Waals surface area contributed by atoms with Crippen molar-refractivity contribution in [2.24, 2.45) is 0 Å². The van der Waals surface area contributed by atoms with E-state index in [1.54, 1.807) is 0 Å². The van der Waals surface area contributed by atoms with Crippen LogP contribution in [-0.2, 0) is 16.1 Å². The molecule has 0 saturated carbocycles. The van der Waals surface area contributed by atoms with Gasteiger partial charge in [0.05, 0.1) is 6.61 Å². The van der Waals surface area contributed by atoms with Crippen LogP contribution in [0.1, 0.15) is 32.6 Å². The van der Waals surface area contributed by atoms with Crippen LogP contribution in [0, 0.1) is 0 Å². The molecule has 0 unspecified atom stereocenters. The van der Waals surface area contributed by atoms with Gasteiger partial charge in [-0.2, -0.15) is 0 Å². The number of benzene rings is 1. The Labute approximate surface area is 119 Å². The quantitative estimate of drug-likeness (QED) is 0.478. The van der Waals surface area contributed by atoms with E-state index < -0.39 is 0 Å². The summed E-state index contributed by atoms with van der Waals surface area (Å²) in [7, 11) is 0. The number of ether oxygens (including phenoxy) is 1. The smallest absolute Gasteiger partial charge is 0.305 e. The molecule has 1 aromatic heterocycles. The Morgan fingerprint density at radius 1 is 1.25 bits per heavy atom. The molecule has 0 aliphatic heterocycles. The maximum absolute atomic E-state index is 11.2. The molecule has 0 aliphatic rings. The molecule has 0 saturated heterocycles. The Kier molecular flexibility index (Phi) is 5.04. The molecule has 0 spiro atoms. The first kappa shape index (κ1) is 14.4. The van der Waals surface area contributed by atoms with Crippen molar-refractivity contribution >= 4 is 22.6 Å². The Hall–Kier alpha value is -1.97. The number of hydrogen-bond acceptors (Lipinski definition) is 3. The second kappa shape index (κ2) is 6.98. The molecule has 20 heavy (non-hydrogen) atoms. The van der Waals surface area contributed by atoms with Crippen molar-refractivity contribution < 1.29 is 9.53 Å². The van der Waals surface area contributed by atoms with Gasteiger partial charge >= 0.3 is 5.97 Å². The van der Waals surface area contributed by atoms with Gasteiger partial charge in [-0.25, -0.2) is 0 Å². The van der Waals surface area contributed by atoms with Crippen molar-refractivity contribution in [1.29, 1.82) is 0 Å². The number of hydrogen-bond donors (Lipinski definition) is 1. The zero-order chi connectivity index (χ0) is 14.4.